The van der Waals surface area contributed by atoms with Gasteiger partial charge in [-0.05, 0) is 25.1 Å². The highest BCUT2D eigenvalue weighted by atomic mass is 32.2. The zero-order valence-corrected chi connectivity index (χ0v) is 15.9. The van der Waals surface area contributed by atoms with Crippen molar-refractivity contribution in [2.75, 3.05) is 24.7 Å². The second kappa shape index (κ2) is 7.71. The summed E-state index contributed by atoms with van der Waals surface area (Å²) >= 11 is 0. The lowest BCUT2D eigenvalue weighted by Gasteiger charge is -2.11. The van der Waals surface area contributed by atoms with Crippen molar-refractivity contribution in [1.29, 1.82) is 0 Å². The minimum atomic E-state index is -3.55. The number of rotatable bonds is 6. The van der Waals surface area contributed by atoms with Gasteiger partial charge in [-0.15, -0.1) is 0 Å². The smallest absolute Gasteiger partial charge is 0.319 e. The van der Waals surface area contributed by atoms with Crippen LogP contribution in [-0.4, -0.2) is 38.8 Å². The SMILES string of the molecule is COc1ccccc1NC(=O)NCCS(=O)(=O)c1c(C)[nH]c2ccccc12. The molecule has 0 fully saturated rings. The summed E-state index contributed by atoms with van der Waals surface area (Å²) in [7, 11) is -2.05. The molecule has 0 radical (unpaired) electrons. The second-order valence-electron chi connectivity index (χ2n) is 6.02. The van der Waals surface area contributed by atoms with E-state index in [0.717, 1.165) is 5.52 Å². The number of carbonyl (C=O) groups is 1. The highest BCUT2D eigenvalue weighted by Gasteiger charge is 2.22. The number of fused-ring (bicyclic) bond motifs is 1. The Morgan fingerprint density at radius 1 is 1.11 bits per heavy atom. The number of methoxy groups -OCH3 is 1. The number of amides is 2. The number of aromatic amines is 1. The van der Waals surface area contributed by atoms with Crippen LogP contribution in [0.2, 0.25) is 0 Å². The van der Waals surface area contributed by atoms with E-state index in [2.05, 4.69) is 15.6 Å². The zero-order valence-electron chi connectivity index (χ0n) is 15.1. The van der Waals surface area contributed by atoms with E-state index in [-0.39, 0.29) is 17.2 Å². The molecule has 1 aromatic heterocycles. The van der Waals surface area contributed by atoms with E-state index in [4.69, 9.17) is 4.74 Å². The Kier molecular flexibility index (Phi) is 5.36. The maximum absolute atomic E-state index is 12.8. The van der Waals surface area contributed by atoms with Crippen LogP contribution in [0.5, 0.6) is 5.75 Å². The fourth-order valence-electron chi connectivity index (χ4n) is 2.97. The normalized spacial score (nSPS) is 11.3. The molecule has 3 rings (SSSR count). The third-order valence-electron chi connectivity index (χ3n) is 4.16. The van der Waals surface area contributed by atoms with Crippen LogP contribution in [0.4, 0.5) is 10.5 Å². The van der Waals surface area contributed by atoms with Crippen LogP contribution >= 0.6 is 0 Å². The molecule has 0 bridgehead atoms. The highest BCUT2D eigenvalue weighted by molar-refractivity contribution is 7.91. The van der Waals surface area contributed by atoms with Crippen LogP contribution in [-0.2, 0) is 9.84 Å². The number of urea groups is 1. The minimum absolute atomic E-state index is 0.0116. The fourth-order valence-corrected chi connectivity index (χ4v) is 4.57. The first kappa shape index (κ1) is 18.8. The Morgan fingerprint density at radius 2 is 1.81 bits per heavy atom. The van der Waals surface area contributed by atoms with Gasteiger partial charge in [-0.3, -0.25) is 0 Å². The van der Waals surface area contributed by atoms with Crippen molar-refractivity contribution in [3.05, 3.63) is 54.2 Å². The Labute approximate surface area is 157 Å². The van der Waals surface area contributed by atoms with E-state index < -0.39 is 15.9 Å². The average molecular weight is 387 g/mol. The summed E-state index contributed by atoms with van der Waals surface area (Å²) in [6, 6.07) is 13.7. The molecule has 142 valence electrons. The van der Waals surface area contributed by atoms with Crippen molar-refractivity contribution in [2.45, 2.75) is 11.8 Å². The lowest BCUT2D eigenvalue weighted by molar-refractivity contribution is 0.252. The van der Waals surface area contributed by atoms with Gasteiger partial charge in [0.2, 0.25) is 0 Å². The molecule has 7 nitrogen and oxygen atoms in total. The number of carbonyl (C=O) groups excluding carboxylic acids is 1. The van der Waals surface area contributed by atoms with Crippen molar-refractivity contribution in [3.8, 4) is 5.75 Å². The van der Waals surface area contributed by atoms with Crippen LogP contribution in [0.1, 0.15) is 5.69 Å². The molecule has 0 unspecified atom stereocenters. The Bertz CT molecular complexity index is 1070. The third-order valence-corrected chi connectivity index (χ3v) is 6.05. The van der Waals surface area contributed by atoms with Gasteiger partial charge in [0, 0.05) is 23.1 Å². The van der Waals surface area contributed by atoms with Crippen LogP contribution in [0, 0.1) is 6.92 Å². The first-order chi connectivity index (χ1) is 12.9. The van der Waals surface area contributed by atoms with Crippen molar-refractivity contribution < 1.29 is 17.9 Å². The molecule has 0 aliphatic carbocycles. The van der Waals surface area contributed by atoms with Gasteiger partial charge in [-0.2, -0.15) is 0 Å². The molecule has 0 atom stereocenters. The number of nitrogens with one attached hydrogen (secondary N) is 3. The number of sulfone groups is 1. The van der Waals surface area contributed by atoms with Gasteiger partial charge in [0.1, 0.15) is 5.75 Å². The molecule has 0 spiro atoms. The summed E-state index contributed by atoms with van der Waals surface area (Å²) in [4.78, 5) is 15.4. The van der Waals surface area contributed by atoms with Crippen LogP contribution in [0.15, 0.2) is 53.4 Å². The van der Waals surface area contributed by atoms with Gasteiger partial charge in [0.15, 0.2) is 9.84 Å². The van der Waals surface area contributed by atoms with E-state index in [0.29, 0.717) is 22.5 Å². The number of aromatic nitrogens is 1. The molecule has 0 saturated carbocycles. The Morgan fingerprint density at radius 3 is 2.59 bits per heavy atom. The van der Waals surface area contributed by atoms with Gasteiger partial charge in [0.25, 0.3) is 0 Å². The van der Waals surface area contributed by atoms with E-state index in [1.54, 1.807) is 43.3 Å². The van der Waals surface area contributed by atoms with Crippen LogP contribution in [0.25, 0.3) is 10.9 Å². The van der Waals surface area contributed by atoms with E-state index in [1.165, 1.54) is 7.11 Å². The lowest BCUT2D eigenvalue weighted by Crippen LogP contribution is -2.33. The molecule has 27 heavy (non-hydrogen) atoms. The molecule has 2 aromatic carbocycles. The van der Waals surface area contributed by atoms with Crippen LogP contribution < -0.4 is 15.4 Å². The minimum Gasteiger partial charge on any atom is -0.495 e. The number of aryl methyl sites for hydroxylation is 1. The molecule has 0 saturated heterocycles. The predicted octanol–water partition coefficient (Wildman–Crippen LogP) is 3.08. The number of ether oxygens (including phenoxy) is 1. The van der Waals surface area contributed by atoms with E-state index in [9.17, 15) is 13.2 Å². The topological polar surface area (TPSA) is 100 Å². The summed E-state index contributed by atoms with van der Waals surface area (Å²) in [5.74, 6) is 0.323. The maximum atomic E-state index is 12.8. The van der Waals surface area contributed by atoms with Crippen molar-refractivity contribution >= 4 is 32.5 Å². The van der Waals surface area contributed by atoms with Crippen LogP contribution in [0.3, 0.4) is 0 Å². The monoisotopic (exact) mass is 387 g/mol. The summed E-state index contributed by atoms with van der Waals surface area (Å²) in [5.41, 5.74) is 1.87. The Hall–Kier alpha value is -3.00. The third kappa shape index (κ3) is 4.06. The van der Waals surface area contributed by atoms with Gasteiger partial charge < -0.3 is 20.4 Å². The predicted molar refractivity (Wildman–Crippen MR) is 105 cm³/mol. The number of para-hydroxylation sites is 3. The molecule has 0 aliphatic heterocycles. The first-order valence-electron chi connectivity index (χ1n) is 8.40. The van der Waals surface area contributed by atoms with Gasteiger partial charge >= 0.3 is 6.03 Å². The molecule has 3 aromatic rings. The lowest BCUT2D eigenvalue weighted by atomic mass is 10.2. The number of H-pyrrole nitrogens is 1. The van der Waals surface area contributed by atoms with Crippen molar-refractivity contribution in [1.82, 2.24) is 10.3 Å². The maximum Gasteiger partial charge on any atom is 0.319 e. The summed E-state index contributed by atoms with van der Waals surface area (Å²) in [6.45, 7) is 1.72. The second-order valence-corrected chi connectivity index (χ2v) is 8.07. The summed E-state index contributed by atoms with van der Waals surface area (Å²) in [5, 5.41) is 5.88. The Balaban J connectivity index is 1.65. The molecule has 1 heterocycles. The van der Waals surface area contributed by atoms with Gasteiger partial charge in [-0.25, -0.2) is 13.2 Å². The fraction of sp³-hybridized carbons (Fsp3) is 0.211. The van der Waals surface area contributed by atoms with Crippen molar-refractivity contribution in [2.24, 2.45) is 0 Å². The van der Waals surface area contributed by atoms with Gasteiger partial charge in [0.05, 0.1) is 23.4 Å². The standard InChI is InChI=1S/C19H21N3O4S/c1-13-18(14-7-3-4-8-15(14)21-13)27(24,25)12-11-20-19(23)22-16-9-5-6-10-17(16)26-2/h3-10,21H,11-12H2,1-2H3,(H2,20,22,23). The largest absolute Gasteiger partial charge is 0.495 e. The first-order valence-corrected chi connectivity index (χ1v) is 10.1. The summed E-state index contributed by atoms with van der Waals surface area (Å²) < 4.78 is 30.7. The zero-order chi connectivity index (χ0) is 19.4. The van der Waals surface area contributed by atoms with E-state index >= 15 is 0 Å². The molecular weight excluding hydrogens is 366 g/mol. The number of hydrogen-bond donors (Lipinski definition) is 3. The quantitative estimate of drug-likeness (QED) is 0.605. The number of hydrogen-bond acceptors (Lipinski definition) is 4. The number of anilines is 1. The highest BCUT2D eigenvalue weighted by Crippen LogP contribution is 2.27. The molecule has 3 N–H and O–H groups in total. The molecule has 8 heteroatoms. The average Bonchev–Trinajstić information content (AvgIpc) is 2.98. The molecular formula is C19H21N3O4S. The summed E-state index contributed by atoms with van der Waals surface area (Å²) in [6.07, 6.45) is 0. The van der Waals surface area contributed by atoms with E-state index in [1.807, 2.05) is 12.1 Å². The van der Waals surface area contributed by atoms with Gasteiger partial charge in [-0.1, -0.05) is 30.3 Å². The molecule has 2 amide bonds. The number of benzene rings is 2. The molecule has 0 aliphatic rings. The van der Waals surface area contributed by atoms with Crippen molar-refractivity contribution in [3.63, 3.8) is 0 Å².